The molecular formula is C18H23NO. The van der Waals surface area contributed by atoms with Crippen LogP contribution in [0.2, 0.25) is 0 Å². The lowest BCUT2D eigenvalue weighted by Gasteiger charge is -2.28. The Morgan fingerprint density at radius 3 is 2.30 bits per heavy atom. The number of unbranched alkanes of at least 4 members (excludes halogenated alkanes) is 1. The molecule has 20 heavy (non-hydrogen) atoms. The summed E-state index contributed by atoms with van der Waals surface area (Å²) in [5.74, 6) is 0. The second-order valence-corrected chi connectivity index (χ2v) is 5.08. The molecule has 0 aliphatic heterocycles. The van der Waals surface area contributed by atoms with Gasteiger partial charge in [-0.15, -0.1) is 0 Å². The van der Waals surface area contributed by atoms with Crippen LogP contribution in [0.1, 0.15) is 38.4 Å². The molecule has 0 radical (unpaired) electrons. The van der Waals surface area contributed by atoms with E-state index in [0.717, 1.165) is 30.6 Å². The van der Waals surface area contributed by atoms with Gasteiger partial charge in [0, 0.05) is 23.5 Å². The Morgan fingerprint density at radius 2 is 1.65 bits per heavy atom. The molecule has 2 rings (SSSR count). The standard InChI is InChI=1S/C18H23NO/c1-3-4-14-19(16-10-6-5-7-11-16)18-13-9-8-12-17(18)15(2)20/h5-13,15,20H,3-4,14H2,1-2H3/t15-/m1/s1. The van der Waals surface area contributed by atoms with Gasteiger partial charge in [0.25, 0.3) is 0 Å². The minimum atomic E-state index is -0.459. The van der Waals surface area contributed by atoms with Crippen molar-refractivity contribution in [2.75, 3.05) is 11.4 Å². The van der Waals surface area contributed by atoms with Crippen LogP contribution in [0.15, 0.2) is 54.6 Å². The van der Waals surface area contributed by atoms with Gasteiger partial charge in [-0.2, -0.15) is 0 Å². The number of benzene rings is 2. The van der Waals surface area contributed by atoms with Crippen molar-refractivity contribution < 1.29 is 5.11 Å². The molecule has 0 saturated heterocycles. The van der Waals surface area contributed by atoms with Crippen LogP contribution in [-0.4, -0.2) is 11.7 Å². The molecule has 2 nitrogen and oxygen atoms in total. The third-order valence-electron chi connectivity index (χ3n) is 3.48. The summed E-state index contributed by atoms with van der Waals surface area (Å²) in [6.07, 6.45) is 1.82. The molecule has 0 unspecified atom stereocenters. The third-order valence-corrected chi connectivity index (χ3v) is 3.48. The van der Waals surface area contributed by atoms with E-state index in [4.69, 9.17) is 0 Å². The van der Waals surface area contributed by atoms with E-state index in [-0.39, 0.29) is 0 Å². The molecule has 0 aliphatic rings. The van der Waals surface area contributed by atoms with E-state index >= 15 is 0 Å². The molecular weight excluding hydrogens is 246 g/mol. The number of nitrogens with zero attached hydrogens (tertiary/aromatic N) is 1. The summed E-state index contributed by atoms with van der Waals surface area (Å²) in [5, 5.41) is 10.00. The van der Waals surface area contributed by atoms with Crippen LogP contribution in [0.5, 0.6) is 0 Å². The Bertz CT molecular complexity index is 522. The maximum Gasteiger partial charge on any atom is 0.0782 e. The second kappa shape index (κ2) is 7.11. The third kappa shape index (κ3) is 3.40. The summed E-state index contributed by atoms with van der Waals surface area (Å²) in [6, 6.07) is 18.5. The molecule has 0 bridgehead atoms. The fourth-order valence-electron chi connectivity index (χ4n) is 2.40. The SMILES string of the molecule is CCCCN(c1ccccc1)c1ccccc1[C@@H](C)O. The van der Waals surface area contributed by atoms with Gasteiger partial charge in [0.05, 0.1) is 6.10 Å². The summed E-state index contributed by atoms with van der Waals surface area (Å²) in [6.45, 7) is 4.98. The van der Waals surface area contributed by atoms with Gasteiger partial charge in [0.1, 0.15) is 0 Å². The summed E-state index contributed by atoms with van der Waals surface area (Å²) in [4.78, 5) is 2.30. The number of hydrogen-bond acceptors (Lipinski definition) is 2. The van der Waals surface area contributed by atoms with Gasteiger partial charge in [-0.05, 0) is 31.5 Å². The van der Waals surface area contributed by atoms with Crippen LogP contribution in [0.3, 0.4) is 0 Å². The van der Waals surface area contributed by atoms with Crippen molar-refractivity contribution in [1.82, 2.24) is 0 Å². The minimum absolute atomic E-state index is 0.459. The van der Waals surface area contributed by atoms with Crippen molar-refractivity contribution in [3.8, 4) is 0 Å². The molecule has 0 aliphatic carbocycles. The highest BCUT2D eigenvalue weighted by Crippen LogP contribution is 2.32. The molecule has 2 aromatic carbocycles. The maximum absolute atomic E-state index is 10.00. The number of para-hydroxylation sites is 2. The first kappa shape index (κ1) is 14.6. The molecule has 2 aromatic rings. The Hall–Kier alpha value is -1.80. The molecule has 1 atom stereocenters. The average molecular weight is 269 g/mol. The predicted octanol–water partition coefficient (Wildman–Crippen LogP) is 4.68. The van der Waals surface area contributed by atoms with Crippen LogP contribution in [0, 0.1) is 0 Å². The first-order chi connectivity index (χ1) is 9.74. The molecule has 0 saturated carbocycles. The number of aliphatic hydroxyl groups is 1. The Labute approximate surface area is 121 Å². The molecule has 106 valence electrons. The zero-order valence-electron chi connectivity index (χ0n) is 12.3. The van der Waals surface area contributed by atoms with Crippen LogP contribution in [0.4, 0.5) is 11.4 Å². The summed E-state index contributed by atoms with van der Waals surface area (Å²) in [7, 11) is 0. The number of aliphatic hydroxyl groups excluding tert-OH is 1. The summed E-state index contributed by atoms with van der Waals surface area (Å²) < 4.78 is 0. The van der Waals surface area contributed by atoms with Crippen LogP contribution < -0.4 is 4.90 Å². The fourth-order valence-corrected chi connectivity index (χ4v) is 2.40. The van der Waals surface area contributed by atoms with Gasteiger partial charge < -0.3 is 10.0 Å². The van der Waals surface area contributed by atoms with Crippen LogP contribution >= 0.6 is 0 Å². The zero-order chi connectivity index (χ0) is 14.4. The number of hydrogen-bond donors (Lipinski definition) is 1. The van der Waals surface area contributed by atoms with Crippen LogP contribution in [-0.2, 0) is 0 Å². The molecule has 1 N–H and O–H groups in total. The lowest BCUT2D eigenvalue weighted by atomic mass is 10.1. The van der Waals surface area contributed by atoms with Crippen molar-refractivity contribution >= 4 is 11.4 Å². The van der Waals surface area contributed by atoms with Crippen molar-refractivity contribution in [2.24, 2.45) is 0 Å². The topological polar surface area (TPSA) is 23.5 Å². The van der Waals surface area contributed by atoms with Crippen molar-refractivity contribution in [1.29, 1.82) is 0 Å². The summed E-state index contributed by atoms with van der Waals surface area (Å²) >= 11 is 0. The monoisotopic (exact) mass is 269 g/mol. The zero-order valence-corrected chi connectivity index (χ0v) is 12.3. The van der Waals surface area contributed by atoms with E-state index in [0.29, 0.717) is 0 Å². The average Bonchev–Trinajstić information content (AvgIpc) is 2.49. The van der Waals surface area contributed by atoms with Crippen LogP contribution in [0.25, 0.3) is 0 Å². The van der Waals surface area contributed by atoms with E-state index in [1.165, 1.54) is 5.69 Å². The van der Waals surface area contributed by atoms with Gasteiger partial charge in [-0.1, -0.05) is 49.7 Å². The molecule has 0 amide bonds. The maximum atomic E-state index is 10.00. The number of anilines is 2. The van der Waals surface area contributed by atoms with Gasteiger partial charge >= 0.3 is 0 Å². The normalized spacial score (nSPS) is 12.2. The quantitative estimate of drug-likeness (QED) is 0.823. The second-order valence-electron chi connectivity index (χ2n) is 5.08. The van der Waals surface area contributed by atoms with Crippen molar-refractivity contribution in [3.05, 3.63) is 60.2 Å². The lowest BCUT2D eigenvalue weighted by molar-refractivity contribution is 0.199. The van der Waals surface area contributed by atoms with Crippen molar-refractivity contribution in [3.63, 3.8) is 0 Å². The smallest absolute Gasteiger partial charge is 0.0782 e. The summed E-state index contributed by atoms with van der Waals surface area (Å²) in [5.41, 5.74) is 3.25. The molecule has 0 fully saturated rings. The van der Waals surface area contributed by atoms with E-state index < -0.39 is 6.10 Å². The van der Waals surface area contributed by atoms with Gasteiger partial charge in [0.2, 0.25) is 0 Å². The van der Waals surface area contributed by atoms with E-state index in [1.807, 2.05) is 31.2 Å². The van der Waals surface area contributed by atoms with E-state index in [2.05, 4.69) is 42.2 Å². The minimum Gasteiger partial charge on any atom is -0.389 e. The van der Waals surface area contributed by atoms with Gasteiger partial charge in [-0.25, -0.2) is 0 Å². The van der Waals surface area contributed by atoms with Gasteiger partial charge in [-0.3, -0.25) is 0 Å². The molecule has 0 heterocycles. The Kier molecular flexibility index (Phi) is 5.19. The fraction of sp³-hybridized carbons (Fsp3) is 0.333. The molecule has 0 spiro atoms. The molecule has 2 heteroatoms. The lowest BCUT2D eigenvalue weighted by Crippen LogP contribution is -2.20. The van der Waals surface area contributed by atoms with E-state index in [9.17, 15) is 5.11 Å². The Morgan fingerprint density at radius 1 is 1.00 bits per heavy atom. The Balaban J connectivity index is 2.41. The molecule has 0 aromatic heterocycles. The van der Waals surface area contributed by atoms with E-state index in [1.54, 1.807) is 0 Å². The first-order valence-electron chi connectivity index (χ1n) is 7.33. The highest BCUT2D eigenvalue weighted by Gasteiger charge is 2.14. The highest BCUT2D eigenvalue weighted by molar-refractivity contribution is 5.66. The highest BCUT2D eigenvalue weighted by atomic mass is 16.3. The largest absolute Gasteiger partial charge is 0.389 e. The van der Waals surface area contributed by atoms with Crippen molar-refractivity contribution in [2.45, 2.75) is 32.8 Å². The van der Waals surface area contributed by atoms with Gasteiger partial charge in [0.15, 0.2) is 0 Å². The first-order valence-corrected chi connectivity index (χ1v) is 7.33. The predicted molar refractivity (Wildman–Crippen MR) is 85.4 cm³/mol. The number of rotatable bonds is 6.